The fourth-order valence-corrected chi connectivity index (χ4v) is 15.4. The Labute approximate surface area is 681 Å². The van der Waals surface area contributed by atoms with Crippen LogP contribution in [0, 0.1) is 25.2 Å². The number of amides is 6. The average Bonchev–Trinajstić information content (AvgIpc) is 0.791. The summed E-state index contributed by atoms with van der Waals surface area (Å²) in [6.07, 6.45) is 4.68. The van der Waals surface area contributed by atoms with Crippen molar-refractivity contribution in [3.05, 3.63) is 102 Å². The summed E-state index contributed by atoms with van der Waals surface area (Å²) in [5.74, 6) is -5.78. The van der Waals surface area contributed by atoms with Crippen LogP contribution in [0.15, 0.2) is 105 Å². The van der Waals surface area contributed by atoms with E-state index >= 15 is 0 Å². The Morgan fingerprint density at radius 1 is 0.610 bits per heavy atom. The monoisotopic (exact) mass is 1680 g/mol. The van der Waals surface area contributed by atoms with E-state index in [1.807, 2.05) is 11.0 Å². The fourth-order valence-electron chi connectivity index (χ4n) is 14.0. The van der Waals surface area contributed by atoms with Crippen LogP contribution >= 0.6 is 0 Å². The molecule has 5 aromatic carbocycles. The molecule has 9 rings (SSSR count). The highest BCUT2D eigenvalue weighted by Gasteiger charge is 2.32. The van der Waals surface area contributed by atoms with E-state index in [0.717, 1.165) is 25.1 Å². The Kier molecular flexibility index (Phi) is 33.5. The van der Waals surface area contributed by atoms with Gasteiger partial charge in [0, 0.05) is 127 Å². The number of carbonyl (C=O) groups is 9. The van der Waals surface area contributed by atoms with Crippen molar-refractivity contribution in [3.8, 4) is 28.7 Å². The average molecular weight is 1680 g/mol. The van der Waals surface area contributed by atoms with Crippen molar-refractivity contribution in [2.45, 2.75) is 87.1 Å². The number of aryl methyl sites for hydroxylation is 2. The zero-order valence-corrected chi connectivity index (χ0v) is 67.2. The van der Waals surface area contributed by atoms with Gasteiger partial charge >= 0.3 is 17.9 Å². The van der Waals surface area contributed by atoms with Crippen LogP contribution in [0.2, 0.25) is 0 Å². The molecule has 0 aliphatic carbocycles. The third-order valence-corrected chi connectivity index (χ3v) is 22.1. The maximum Gasteiger partial charge on any atom is 0.317 e. The molecule has 0 bridgehead atoms. The first-order valence-corrected chi connectivity index (χ1v) is 41.4. The van der Waals surface area contributed by atoms with E-state index in [-0.39, 0.29) is 166 Å². The quantitative estimate of drug-likeness (QED) is 0.0114. The minimum atomic E-state index is -5.15. The number of phenolic OH excluding ortho intramolecular Hbond substituents is 1. The lowest BCUT2D eigenvalue weighted by molar-refractivity contribution is -0.140. The van der Waals surface area contributed by atoms with E-state index in [4.69, 9.17) is 19.9 Å². The van der Waals surface area contributed by atoms with E-state index in [9.17, 15) is 94.8 Å². The topological polar surface area (TPSA) is 529 Å². The van der Waals surface area contributed by atoms with Crippen molar-refractivity contribution in [1.82, 2.24) is 55.2 Å². The lowest BCUT2D eigenvalue weighted by Gasteiger charge is -2.34. The number of carboxylic acids is 3. The number of piperazine rings is 1. The van der Waals surface area contributed by atoms with Crippen LogP contribution in [0.1, 0.15) is 72.9 Å². The molecule has 0 radical (unpaired) electrons. The lowest BCUT2D eigenvalue weighted by atomic mass is 10.00. The number of aromatic hydroxyl groups is 1. The number of aliphatic carboxylic acids is 3. The molecule has 118 heavy (non-hydrogen) atoms. The number of unbranched alkanes of at least 4 members (excludes halogenated alkanes) is 1. The summed E-state index contributed by atoms with van der Waals surface area (Å²) in [4.78, 5) is 131. The van der Waals surface area contributed by atoms with Crippen LogP contribution in [-0.2, 0) is 68.1 Å². The minimum Gasteiger partial charge on any atom is -0.505 e. The van der Waals surface area contributed by atoms with Crippen LogP contribution in [0.4, 0.5) is 22.7 Å². The van der Waals surface area contributed by atoms with Crippen LogP contribution in [0.3, 0.4) is 0 Å². The van der Waals surface area contributed by atoms with Crippen LogP contribution < -0.4 is 31.7 Å². The first-order chi connectivity index (χ1) is 56.3. The van der Waals surface area contributed by atoms with Gasteiger partial charge in [-0.05, 0) is 135 Å². The van der Waals surface area contributed by atoms with E-state index in [1.165, 1.54) is 11.1 Å². The van der Waals surface area contributed by atoms with Gasteiger partial charge < -0.3 is 71.4 Å². The predicted octanol–water partition coefficient (Wildman–Crippen LogP) is 3.72. The number of aromatic nitrogens is 1. The van der Waals surface area contributed by atoms with Gasteiger partial charge in [0.25, 0.3) is 26.1 Å². The number of benzene rings is 5. The maximum absolute atomic E-state index is 14.5. The number of nitrogens with one attached hydrogen (secondary N) is 4. The molecule has 0 spiro atoms. The lowest BCUT2D eigenvalue weighted by Crippen LogP contribution is -2.51. The minimum absolute atomic E-state index is 0.0262. The number of nitrogen functional groups attached to an aromatic ring is 1. The highest BCUT2D eigenvalue weighted by atomic mass is 32.2. The van der Waals surface area contributed by atoms with Crippen LogP contribution in [0.25, 0.3) is 32.8 Å². The summed E-state index contributed by atoms with van der Waals surface area (Å²) in [5, 5.41) is 69.1. The molecule has 3 aliphatic heterocycles. The van der Waals surface area contributed by atoms with Gasteiger partial charge in [-0.15, -0.1) is 5.11 Å². The van der Waals surface area contributed by atoms with Gasteiger partial charge in [0.05, 0.1) is 106 Å². The number of carbonyl (C=O) groups excluding carboxylic acids is 6. The number of hydrogen-bond donors (Lipinski definition) is 11. The summed E-state index contributed by atoms with van der Waals surface area (Å²) in [6.45, 7) is 8.15. The van der Waals surface area contributed by atoms with Gasteiger partial charge in [-0.25, -0.2) is 0 Å². The first-order valence-electron chi connectivity index (χ1n) is 38.5. The van der Waals surface area contributed by atoms with Crippen molar-refractivity contribution in [3.63, 3.8) is 0 Å². The zero-order chi connectivity index (χ0) is 85.2. The van der Waals surface area contributed by atoms with Gasteiger partial charge in [0.2, 0.25) is 29.5 Å². The molecular weight excluding hydrogens is 1580 g/mol. The van der Waals surface area contributed by atoms with Crippen molar-refractivity contribution < 1.29 is 104 Å². The first kappa shape index (κ1) is 90.9. The van der Waals surface area contributed by atoms with E-state index in [0.29, 0.717) is 127 Å². The SMILES string of the molecule is Cc1cc(-c2ccc(NC(=O)[C@H](CCCCNC(=O)CCOCCOCCC(=O)N3CCN(CCCOc4ccc5nccc(C(=O)NCC(=O)N6CCC[C@H]6C#N)c5c4)CC3)NC(=O)CN3CCN(CC(=O)O)CCN(CC(=O)O)CCN(CC(=O)O)CC3)c(C)c2)ccc1N=Nc1ccc2c(S(=O)(=O)O)cc(S(=O)(=O)O)c(N)c2c1O. The van der Waals surface area contributed by atoms with Crippen LogP contribution in [-0.4, -0.2) is 315 Å². The fraction of sp³-hybridized carbons (Fsp3) is 0.474. The van der Waals surface area contributed by atoms with Crippen LogP contribution in [0.5, 0.6) is 11.5 Å². The summed E-state index contributed by atoms with van der Waals surface area (Å²) in [7, 11) is -10.2. The number of pyridine rings is 1. The zero-order valence-electron chi connectivity index (χ0n) is 65.6. The van der Waals surface area contributed by atoms with Crippen molar-refractivity contribution >= 4 is 118 Å². The predicted molar refractivity (Wildman–Crippen MR) is 430 cm³/mol. The number of ether oxygens (including phenoxy) is 3. The number of likely N-dealkylation sites (tertiary alicyclic amines) is 1. The van der Waals surface area contributed by atoms with E-state index in [1.54, 1.807) is 88.0 Å². The molecule has 6 aromatic rings. The smallest absolute Gasteiger partial charge is 0.317 e. The van der Waals surface area contributed by atoms with Gasteiger partial charge in [0.15, 0.2) is 5.75 Å². The number of carboxylic acid groups (broad SMARTS) is 3. The Morgan fingerprint density at radius 2 is 1.19 bits per heavy atom. The van der Waals surface area contributed by atoms with Crippen molar-refractivity contribution in [2.24, 2.45) is 10.2 Å². The normalized spacial score (nSPS) is 16.2. The number of nitrogens with zero attached hydrogens (tertiary/aromatic N) is 11. The molecule has 4 heterocycles. The molecule has 6 amide bonds. The Morgan fingerprint density at radius 3 is 1.80 bits per heavy atom. The number of azo groups is 1. The molecule has 0 unspecified atom stereocenters. The molecular formula is C78H100N16O22S2. The van der Waals surface area contributed by atoms with Gasteiger partial charge in [-0.2, -0.15) is 27.2 Å². The van der Waals surface area contributed by atoms with Crippen molar-refractivity contribution in [1.29, 1.82) is 5.26 Å². The standard InChI is InChI=1S/C78H100N16O22S2/c1-51-41-53(54-10-14-61(52(2)42-54)86-87-63-16-12-58-65(117(108,109)110)44-66(118(111,112)113)75(80)74(58)76(63)105)9-13-60(51)85-78(107)64(84-68(96)47-89-24-26-90(48-71(99)100)28-30-92(50-73(103)104)31-29-91(27-25-89)49-72(101)102)8-3-4-20-82-67(95)18-37-114-39-40-115-38-19-69(97)93-34-32-88(33-35-93)22-6-36-116-56-11-15-62-59(43-56)57(17-21-81-62)77(106)83-46-70(98)94-23-5-7-55(94)45-79/h9-17,21,41-44,55,64,105H,3-8,18-20,22-40,46-50,80H2,1-2H3,(H,82,95)(H,83,106)(H,84,96)(H,85,107)(H,99,100)(H,101,102)(H,103,104)(H,108,109,110)(H,111,112,113)/t55-,64-/m0/s1. The van der Waals surface area contributed by atoms with Crippen molar-refractivity contribution in [2.75, 3.05) is 175 Å². The Hall–Kier alpha value is -11.0. The second-order valence-corrected chi connectivity index (χ2v) is 31.6. The highest BCUT2D eigenvalue weighted by molar-refractivity contribution is 7.87. The van der Waals surface area contributed by atoms with E-state index < -0.39 is 94.6 Å². The number of nitrogens with two attached hydrogens (primary N) is 1. The summed E-state index contributed by atoms with van der Waals surface area (Å²) in [6, 6.07) is 20.5. The summed E-state index contributed by atoms with van der Waals surface area (Å²) >= 11 is 0. The number of anilines is 2. The number of phenols is 1. The molecule has 12 N–H and O–H groups in total. The number of nitriles is 1. The number of rotatable bonds is 38. The molecule has 0 saturated carbocycles. The second kappa shape index (κ2) is 43.5. The van der Waals surface area contributed by atoms with Gasteiger partial charge in [-0.1, -0.05) is 18.2 Å². The molecule has 3 fully saturated rings. The summed E-state index contributed by atoms with van der Waals surface area (Å²) in [5.41, 5.74) is 9.28. The Bertz CT molecular complexity index is 4920. The largest absolute Gasteiger partial charge is 0.505 e. The molecule has 40 heteroatoms. The van der Waals surface area contributed by atoms with E-state index in [2.05, 4.69) is 47.4 Å². The molecule has 1 aromatic heterocycles. The molecule has 3 aliphatic rings. The number of hydrogen-bond acceptors (Lipinski definition) is 27. The molecule has 38 nitrogen and oxygen atoms in total. The highest BCUT2D eigenvalue weighted by Crippen LogP contribution is 2.44. The molecule has 2 atom stereocenters. The Balaban J connectivity index is 0.725. The molecule has 636 valence electrons. The second-order valence-electron chi connectivity index (χ2n) is 28.8. The maximum atomic E-state index is 14.5. The third kappa shape index (κ3) is 27.0. The number of fused-ring (bicyclic) bond motifs is 2. The van der Waals surface area contributed by atoms with Gasteiger partial charge in [0.1, 0.15) is 33.3 Å². The summed E-state index contributed by atoms with van der Waals surface area (Å²) < 4.78 is 85.8. The van der Waals surface area contributed by atoms with Gasteiger partial charge in [-0.3, -0.25) is 81.7 Å². The molecule has 3 saturated heterocycles. The third-order valence-electron chi connectivity index (χ3n) is 20.3.